The number of fused-ring (bicyclic) bond motifs is 1. The molecule has 0 unspecified atom stereocenters. The van der Waals surface area contributed by atoms with Crippen LogP contribution in [0.25, 0.3) is 22.0 Å². The largest absolute Gasteiger partial charge is 0.351 e. The molecule has 2 aromatic heterocycles. The van der Waals surface area contributed by atoms with Crippen LogP contribution in [0.3, 0.4) is 0 Å². The molecule has 0 radical (unpaired) electrons. The van der Waals surface area contributed by atoms with Crippen molar-refractivity contribution in [2.75, 3.05) is 13.1 Å². The Morgan fingerprint density at radius 3 is 2.56 bits per heavy atom. The Hall–Kier alpha value is -2.12. The van der Waals surface area contributed by atoms with Gasteiger partial charge in [-0.05, 0) is 54.8 Å². The molecule has 1 aromatic carbocycles. The number of halogens is 2. The molecule has 0 aliphatic carbocycles. The van der Waals surface area contributed by atoms with Gasteiger partial charge < -0.3 is 21.8 Å². The summed E-state index contributed by atoms with van der Waals surface area (Å²) in [5.41, 5.74) is 15.1. The Morgan fingerprint density at radius 1 is 1.11 bits per heavy atom. The summed E-state index contributed by atoms with van der Waals surface area (Å²) in [7, 11) is 0. The fourth-order valence-corrected chi connectivity index (χ4v) is 2.77. The van der Waals surface area contributed by atoms with E-state index in [2.05, 4.69) is 15.3 Å². The number of hydrogen-bond donors (Lipinski definition) is 4. The van der Waals surface area contributed by atoms with Crippen LogP contribution in [0, 0.1) is 0 Å². The van der Waals surface area contributed by atoms with E-state index in [1.807, 2.05) is 36.4 Å². The first kappa shape index (κ1) is 22.9. The summed E-state index contributed by atoms with van der Waals surface area (Å²) < 4.78 is 0. The van der Waals surface area contributed by atoms with Crippen molar-refractivity contribution in [3.8, 4) is 11.1 Å². The van der Waals surface area contributed by atoms with Gasteiger partial charge in [-0.15, -0.1) is 24.8 Å². The molecule has 0 spiro atoms. The normalized spacial score (nSPS) is 11.3. The smallest absolute Gasteiger partial charge is 0.267 e. The summed E-state index contributed by atoms with van der Waals surface area (Å²) in [5.74, 6) is -0.148. The number of nitrogens with zero attached hydrogens (tertiary/aromatic N) is 1. The van der Waals surface area contributed by atoms with Crippen molar-refractivity contribution in [2.45, 2.75) is 18.9 Å². The van der Waals surface area contributed by atoms with Crippen molar-refractivity contribution < 1.29 is 4.79 Å². The maximum Gasteiger partial charge on any atom is 0.267 e. The highest BCUT2D eigenvalue weighted by Crippen LogP contribution is 2.24. The molecule has 6 N–H and O–H groups in total. The van der Waals surface area contributed by atoms with Crippen molar-refractivity contribution in [1.82, 2.24) is 15.3 Å². The van der Waals surface area contributed by atoms with Crippen LogP contribution in [0.2, 0.25) is 0 Å². The predicted molar refractivity (Wildman–Crippen MR) is 115 cm³/mol. The minimum atomic E-state index is -0.148. The fourth-order valence-electron chi connectivity index (χ4n) is 2.77. The van der Waals surface area contributed by atoms with E-state index in [4.69, 9.17) is 11.5 Å². The van der Waals surface area contributed by atoms with Crippen LogP contribution < -0.4 is 16.8 Å². The first-order chi connectivity index (χ1) is 12.2. The quantitative estimate of drug-likeness (QED) is 0.480. The van der Waals surface area contributed by atoms with E-state index >= 15 is 0 Å². The van der Waals surface area contributed by atoms with Crippen molar-refractivity contribution in [1.29, 1.82) is 0 Å². The topological polar surface area (TPSA) is 110 Å². The first-order valence-corrected chi connectivity index (χ1v) is 8.44. The van der Waals surface area contributed by atoms with Crippen molar-refractivity contribution >= 4 is 41.6 Å². The Morgan fingerprint density at radius 2 is 1.85 bits per heavy atom. The van der Waals surface area contributed by atoms with E-state index in [0.717, 1.165) is 34.9 Å². The number of aromatic nitrogens is 2. The highest BCUT2D eigenvalue weighted by atomic mass is 35.5. The van der Waals surface area contributed by atoms with E-state index in [-0.39, 0.29) is 36.8 Å². The SMILES string of the molecule is Cl.Cl.NCCC[C@@H](N)CNC(=O)c1cc2ccc(-c3ccncc3)cc2[nH]1. The summed E-state index contributed by atoms with van der Waals surface area (Å²) in [5, 5.41) is 3.87. The molecule has 0 aliphatic rings. The number of nitrogens with two attached hydrogens (primary N) is 2. The Labute approximate surface area is 170 Å². The molecular weight excluding hydrogens is 385 g/mol. The molecule has 27 heavy (non-hydrogen) atoms. The molecule has 2 heterocycles. The van der Waals surface area contributed by atoms with Crippen molar-refractivity contribution in [3.63, 3.8) is 0 Å². The molecule has 0 aliphatic heterocycles. The van der Waals surface area contributed by atoms with Gasteiger partial charge in [0, 0.05) is 35.9 Å². The second-order valence-electron chi connectivity index (χ2n) is 6.12. The minimum Gasteiger partial charge on any atom is -0.351 e. The summed E-state index contributed by atoms with van der Waals surface area (Å²) in [6.07, 6.45) is 5.20. The molecule has 146 valence electrons. The van der Waals surface area contributed by atoms with Crippen LogP contribution in [0.4, 0.5) is 0 Å². The molecule has 1 amide bonds. The van der Waals surface area contributed by atoms with Gasteiger partial charge in [-0.2, -0.15) is 0 Å². The molecule has 0 saturated heterocycles. The number of hydrogen-bond acceptors (Lipinski definition) is 4. The maximum absolute atomic E-state index is 12.3. The molecule has 3 aromatic rings. The highest BCUT2D eigenvalue weighted by molar-refractivity contribution is 5.98. The zero-order valence-electron chi connectivity index (χ0n) is 14.9. The summed E-state index contributed by atoms with van der Waals surface area (Å²) >= 11 is 0. The highest BCUT2D eigenvalue weighted by Gasteiger charge is 2.11. The predicted octanol–water partition coefficient (Wildman–Crippen LogP) is 2.87. The number of carbonyl (C=O) groups is 1. The van der Waals surface area contributed by atoms with E-state index in [0.29, 0.717) is 18.8 Å². The Balaban J connectivity index is 0.00000182. The minimum absolute atomic E-state index is 0. The third kappa shape index (κ3) is 5.94. The standard InChI is InChI=1S/C19H23N5O.2ClH/c20-7-1-2-16(21)12-23-19(25)18-11-15-4-3-14(10-17(15)24-18)13-5-8-22-9-6-13;;/h3-6,8-11,16,24H,1-2,7,12,20-21H2,(H,23,25);2*1H/t16-;;/m1../s1. The number of aromatic amines is 1. The molecular formula is C19H25Cl2N5O. The van der Waals surface area contributed by atoms with E-state index < -0.39 is 0 Å². The zero-order chi connectivity index (χ0) is 17.6. The average Bonchev–Trinajstić information content (AvgIpc) is 3.08. The van der Waals surface area contributed by atoms with Crippen molar-refractivity contribution in [2.24, 2.45) is 11.5 Å². The van der Waals surface area contributed by atoms with E-state index in [9.17, 15) is 4.79 Å². The molecule has 3 rings (SSSR count). The van der Waals surface area contributed by atoms with Gasteiger partial charge in [0.15, 0.2) is 0 Å². The fraction of sp³-hybridized carbons (Fsp3) is 0.263. The zero-order valence-corrected chi connectivity index (χ0v) is 16.5. The van der Waals surface area contributed by atoms with Crippen LogP contribution in [-0.2, 0) is 0 Å². The third-order valence-electron chi connectivity index (χ3n) is 4.18. The van der Waals surface area contributed by atoms with Crippen molar-refractivity contribution in [3.05, 3.63) is 54.5 Å². The summed E-state index contributed by atoms with van der Waals surface area (Å²) in [6, 6.07) is 11.8. The molecule has 0 fully saturated rings. The Bertz CT molecular complexity index is 854. The Kier molecular flexibility index (Phi) is 9.25. The summed E-state index contributed by atoms with van der Waals surface area (Å²) in [4.78, 5) is 19.5. The summed E-state index contributed by atoms with van der Waals surface area (Å²) in [6.45, 7) is 1.06. The lowest BCUT2D eigenvalue weighted by atomic mass is 10.1. The molecule has 1 atom stereocenters. The number of nitrogens with one attached hydrogen (secondary N) is 2. The number of H-pyrrole nitrogens is 1. The first-order valence-electron chi connectivity index (χ1n) is 8.44. The van der Waals surface area contributed by atoms with Crippen LogP contribution in [0.15, 0.2) is 48.8 Å². The van der Waals surface area contributed by atoms with Gasteiger partial charge in [-0.3, -0.25) is 9.78 Å². The van der Waals surface area contributed by atoms with Gasteiger partial charge in [0.25, 0.3) is 5.91 Å². The van der Waals surface area contributed by atoms with E-state index in [1.54, 1.807) is 12.4 Å². The molecule has 0 saturated carbocycles. The third-order valence-corrected chi connectivity index (χ3v) is 4.18. The van der Waals surface area contributed by atoms with Gasteiger partial charge in [-0.1, -0.05) is 12.1 Å². The number of carbonyl (C=O) groups excluding carboxylic acids is 1. The molecule has 0 bridgehead atoms. The lowest BCUT2D eigenvalue weighted by molar-refractivity contribution is 0.0946. The average molecular weight is 410 g/mol. The van der Waals surface area contributed by atoms with Crippen LogP contribution in [-0.4, -0.2) is 35.0 Å². The van der Waals surface area contributed by atoms with Gasteiger partial charge in [0.05, 0.1) is 0 Å². The lowest BCUT2D eigenvalue weighted by Crippen LogP contribution is -2.37. The second-order valence-corrected chi connectivity index (χ2v) is 6.12. The lowest BCUT2D eigenvalue weighted by Gasteiger charge is -2.11. The van der Waals surface area contributed by atoms with Gasteiger partial charge in [0.1, 0.15) is 5.69 Å². The second kappa shape index (κ2) is 10.9. The van der Waals surface area contributed by atoms with Gasteiger partial charge >= 0.3 is 0 Å². The van der Waals surface area contributed by atoms with Crippen LogP contribution in [0.1, 0.15) is 23.3 Å². The number of amides is 1. The van der Waals surface area contributed by atoms with E-state index in [1.165, 1.54) is 0 Å². The number of benzene rings is 1. The number of rotatable bonds is 7. The monoisotopic (exact) mass is 409 g/mol. The van der Waals surface area contributed by atoms with Crippen LogP contribution >= 0.6 is 24.8 Å². The molecule has 6 nitrogen and oxygen atoms in total. The molecule has 8 heteroatoms. The maximum atomic E-state index is 12.3. The van der Waals surface area contributed by atoms with Crippen LogP contribution in [0.5, 0.6) is 0 Å². The van der Waals surface area contributed by atoms with Gasteiger partial charge in [-0.25, -0.2) is 0 Å². The number of pyridine rings is 1. The van der Waals surface area contributed by atoms with Gasteiger partial charge in [0.2, 0.25) is 0 Å².